The predicted octanol–water partition coefficient (Wildman–Crippen LogP) is 2.74. The van der Waals surface area contributed by atoms with Crippen molar-refractivity contribution in [3.63, 3.8) is 0 Å². The molecule has 0 spiro atoms. The van der Waals surface area contributed by atoms with E-state index in [1.807, 2.05) is 36.4 Å². The number of rotatable bonds is 4. The Hall–Kier alpha value is -2.41. The largest absolute Gasteiger partial charge is 0.506 e. The summed E-state index contributed by atoms with van der Waals surface area (Å²) in [5.74, 6) is 0.260. The third kappa shape index (κ3) is 3.03. The molecule has 106 valence electrons. The zero-order valence-electron chi connectivity index (χ0n) is 10.9. The van der Waals surface area contributed by atoms with E-state index >= 15 is 0 Å². The molecule has 0 amide bonds. The van der Waals surface area contributed by atoms with Gasteiger partial charge in [0.05, 0.1) is 10.2 Å². The van der Waals surface area contributed by atoms with E-state index in [1.165, 1.54) is 0 Å². The summed E-state index contributed by atoms with van der Waals surface area (Å²) >= 11 is 3.30. The van der Waals surface area contributed by atoms with Gasteiger partial charge in [-0.2, -0.15) is 0 Å². The van der Waals surface area contributed by atoms with E-state index in [9.17, 15) is 5.11 Å². The average molecular weight is 346 g/mol. The molecule has 0 unspecified atom stereocenters. The van der Waals surface area contributed by atoms with Crippen molar-refractivity contribution >= 4 is 21.6 Å². The van der Waals surface area contributed by atoms with Crippen LogP contribution in [-0.2, 0) is 6.54 Å². The summed E-state index contributed by atoms with van der Waals surface area (Å²) in [5.41, 5.74) is 2.66. The minimum Gasteiger partial charge on any atom is -0.506 e. The molecular formula is C14H12BrN5O. The third-order valence-corrected chi connectivity index (χ3v) is 3.67. The molecule has 0 fully saturated rings. The van der Waals surface area contributed by atoms with Crippen molar-refractivity contribution in [2.75, 3.05) is 5.32 Å². The number of phenolic OH excluding ortho intramolecular Hbond substituents is 1. The summed E-state index contributed by atoms with van der Waals surface area (Å²) in [5, 5.41) is 24.2. The SMILES string of the molecule is Oc1c(Br)cccc1CNc1ccc(-n2cnnn2)cc1. The van der Waals surface area contributed by atoms with Gasteiger partial charge in [-0.3, -0.25) is 0 Å². The number of phenols is 1. The van der Waals surface area contributed by atoms with Crippen LogP contribution in [0.4, 0.5) is 5.69 Å². The van der Waals surface area contributed by atoms with E-state index in [2.05, 4.69) is 36.8 Å². The number of halogens is 1. The molecule has 3 aromatic rings. The molecule has 3 rings (SSSR count). The second kappa shape index (κ2) is 5.92. The Morgan fingerprint density at radius 2 is 1.95 bits per heavy atom. The predicted molar refractivity (Wildman–Crippen MR) is 82.3 cm³/mol. The fourth-order valence-electron chi connectivity index (χ4n) is 1.91. The summed E-state index contributed by atoms with van der Waals surface area (Å²) in [7, 11) is 0. The maximum Gasteiger partial charge on any atom is 0.143 e. The summed E-state index contributed by atoms with van der Waals surface area (Å²) in [4.78, 5) is 0. The molecule has 2 aromatic carbocycles. The molecule has 0 atom stereocenters. The molecule has 0 saturated heterocycles. The molecule has 0 radical (unpaired) electrons. The highest BCUT2D eigenvalue weighted by Gasteiger charge is 2.04. The van der Waals surface area contributed by atoms with Crippen LogP contribution in [0, 0.1) is 0 Å². The fraction of sp³-hybridized carbons (Fsp3) is 0.0714. The summed E-state index contributed by atoms with van der Waals surface area (Å²) in [6.45, 7) is 0.537. The molecule has 0 aliphatic carbocycles. The highest BCUT2D eigenvalue weighted by Crippen LogP contribution is 2.28. The van der Waals surface area contributed by atoms with Gasteiger partial charge in [-0.05, 0) is 56.7 Å². The second-order valence-corrected chi connectivity index (χ2v) is 5.26. The summed E-state index contributed by atoms with van der Waals surface area (Å²) < 4.78 is 2.28. The van der Waals surface area contributed by atoms with Gasteiger partial charge in [0.1, 0.15) is 12.1 Å². The van der Waals surface area contributed by atoms with E-state index < -0.39 is 0 Å². The quantitative estimate of drug-likeness (QED) is 0.760. The Balaban J connectivity index is 1.70. The molecular weight excluding hydrogens is 334 g/mol. The van der Waals surface area contributed by atoms with Crippen LogP contribution in [-0.4, -0.2) is 25.3 Å². The first-order valence-electron chi connectivity index (χ1n) is 6.28. The van der Waals surface area contributed by atoms with Gasteiger partial charge < -0.3 is 10.4 Å². The van der Waals surface area contributed by atoms with Crippen LogP contribution >= 0.6 is 15.9 Å². The maximum absolute atomic E-state index is 9.93. The van der Waals surface area contributed by atoms with E-state index in [4.69, 9.17) is 0 Å². The Bertz CT molecular complexity index is 728. The standard InChI is InChI=1S/C14H12BrN5O/c15-13-3-1-2-10(14(13)21)8-16-11-4-6-12(7-5-11)20-9-17-18-19-20/h1-7,9,16,21H,8H2. The molecule has 0 saturated carbocycles. The number of nitrogens with zero attached hydrogens (tertiary/aromatic N) is 4. The van der Waals surface area contributed by atoms with Crippen molar-refractivity contribution in [2.45, 2.75) is 6.54 Å². The zero-order chi connectivity index (χ0) is 14.7. The van der Waals surface area contributed by atoms with Crippen molar-refractivity contribution in [1.29, 1.82) is 0 Å². The van der Waals surface area contributed by atoms with Crippen molar-refractivity contribution in [3.8, 4) is 11.4 Å². The van der Waals surface area contributed by atoms with Crippen LogP contribution in [0.3, 0.4) is 0 Å². The van der Waals surface area contributed by atoms with Gasteiger partial charge in [0.25, 0.3) is 0 Å². The molecule has 7 heteroatoms. The van der Waals surface area contributed by atoms with Gasteiger partial charge in [-0.25, -0.2) is 4.68 Å². The lowest BCUT2D eigenvalue weighted by Gasteiger charge is -2.09. The average Bonchev–Trinajstić information content (AvgIpc) is 3.04. The normalized spacial score (nSPS) is 10.5. The topological polar surface area (TPSA) is 75.9 Å². The second-order valence-electron chi connectivity index (χ2n) is 4.40. The smallest absolute Gasteiger partial charge is 0.143 e. The summed E-state index contributed by atoms with van der Waals surface area (Å²) in [6, 6.07) is 13.3. The van der Waals surface area contributed by atoms with Crippen LogP contribution in [0.2, 0.25) is 0 Å². The third-order valence-electron chi connectivity index (χ3n) is 3.03. The van der Waals surface area contributed by atoms with E-state index in [0.29, 0.717) is 11.0 Å². The van der Waals surface area contributed by atoms with E-state index in [1.54, 1.807) is 17.1 Å². The summed E-state index contributed by atoms with van der Waals surface area (Å²) in [6.07, 6.45) is 1.54. The molecule has 21 heavy (non-hydrogen) atoms. The van der Waals surface area contributed by atoms with Gasteiger partial charge in [-0.1, -0.05) is 12.1 Å². The highest BCUT2D eigenvalue weighted by molar-refractivity contribution is 9.10. The van der Waals surface area contributed by atoms with Crippen molar-refractivity contribution in [2.24, 2.45) is 0 Å². The van der Waals surface area contributed by atoms with Crippen LogP contribution in [0.25, 0.3) is 5.69 Å². The Kier molecular flexibility index (Phi) is 3.83. The highest BCUT2D eigenvalue weighted by atomic mass is 79.9. The fourth-order valence-corrected chi connectivity index (χ4v) is 2.32. The maximum atomic E-state index is 9.93. The molecule has 2 N–H and O–H groups in total. The van der Waals surface area contributed by atoms with Crippen molar-refractivity contribution in [1.82, 2.24) is 20.2 Å². The number of anilines is 1. The first-order valence-corrected chi connectivity index (χ1v) is 7.07. The van der Waals surface area contributed by atoms with E-state index in [-0.39, 0.29) is 5.75 Å². The van der Waals surface area contributed by atoms with Crippen LogP contribution in [0.15, 0.2) is 53.3 Å². The Morgan fingerprint density at radius 3 is 2.67 bits per heavy atom. The number of benzene rings is 2. The number of aromatic hydroxyl groups is 1. The molecule has 0 bridgehead atoms. The molecule has 1 heterocycles. The van der Waals surface area contributed by atoms with Crippen molar-refractivity contribution < 1.29 is 5.11 Å². The minimum atomic E-state index is 0.260. The number of hydrogen-bond donors (Lipinski definition) is 2. The Labute approximate surface area is 129 Å². The number of para-hydroxylation sites is 1. The lowest BCUT2D eigenvalue weighted by Crippen LogP contribution is -2.01. The number of hydrogen-bond acceptors (Lipinski definition) is 5. The van der Waals surface area contributed by atoms with Gasteiger partial charge in [-0.15, -0.1) is 5.10 Å². The first-order chi connectivity index (χ1) is 10.2. The lowest BCUT2D eigenvalue weighted by atomic mass is 10.2. The number of aromatic nitrogens is 4. The van der Waals surface area contributed by atoms with E-state index in [0.717, 1.165) is 16.9 Å². The van der Waals surface area contributed by atoms with Crippen molar-refractivity contribution in [3.05, 3.63) is 58.8 Å². The van der Waals surface area contributed by atoms with Gasteiger partial charge >= 0.3 is 0 Å². The minimum absolute atomic E-state index is 0.260. The Morgan fingerprint density at radius 1 is 1.14 bits per heavy atom. The number of tetrazole rings is 1. The monoisotopic (exact) mass is 345 g/mol. The first kappa shape index (κ1) is 13.6. The molecule has 0 aliphatic heterocycles. The van der Waals surface area contributed by atoms with Crippen LogP contribution < -0.4 is 5.32 Å². The zero-order valence-corrected chi connectivity index (χ0v) is 12.5. The number of nitrogens with one attached hydrogen (secondary N) is 1. The van der Waals surface area contributed by atoms with Crippen LogP contribution in [0.1, 0.15) is 5.56 Å². The molecule has 6 nitrogen and oxygen atoms in total. The van der Waals surface area contributed by atoms with Gasteiger partial charge in [0, 0.05) is 17.8 Å². The lowest BCUT2D eigenvalue weighted by molar-refractivity contribution is 0.465. The van der Waals surface area contributed by atoms with Crippen LogP contribution in [0.5, 0.6) is 5.75 Å². The van der Waals surface area contributed by atoms with Gasteiger partial charge in [0.2, 0.25) is 0 Å². The molecule has 1 aromatic heterocycles. The molecule has 0 aliphatic rings. The van der Waals surface area contributed by atoms with Gasteiger partial charge in [0.15, 0.2) is 0 Å².